The number of carbonyl (C=O) groups is 1. The van der Waals surface area contributed by atoms with Crippen molar-refractivity contribution in [2.45, 2.75) is 19.4 Å². The summed E-state index contributed by atoms with van der Waals surface area (Å²) < 4.78 is 10.7. The van der Waals surface area contributed by atoms with E-state index in [1.165, 1.54) is 0 Å². The van der Waals surface area contributed by atoms with Crippen LogP contribution in [0.25, 0.3) is 11.4 Å². The lowest BCUT2D eigenvalue weighted by Gasteiger charge is -2.31. The van der Waals surface area contributed by atoms with Gasteiger partial charge in [0.2, 0.25) is 17.6 Å². The van der Waals surface area contributed by atoms with Crippen LogP contribution in [-0.2, 0) is 11.3 Å². The third kappa shape index (κ3) is 4.63. The van der Waals surface area contributed by atoms with Crippen LogP contribution in [0.2, 0.25) is 5.02 Å². The van der Waals surface area contributed by atoms with Crippen LogP contribution in [0, 0.1) is 5.92 Å². The number of carbonyl (C=O) groups excluding carboxylic acids is 1. The minimum absolute atomic E-state index is 0.00788. The monoisotopic (exact) mass is 426 g/mol. The van der Waals surface area contributed by atoms with E-state index in [9.17, 15) is 4.79 Å². The topological polar surface area (TPSA) is 80.5 Å². The van der Waals surface area contributed by atoms with Crippen molar-refractivity contribution >= 4 is 23.2 Å². The van der Waals surface area contributed by atoms with Gasteiger partial charge in [0, 0.05) is 12.1 Å². The van der Waals surface area contributed by atoms with E-state index in [0.29, 0.717) is 41.3 Å². The van der Waals surface area contributed by atoms with E-state index in [-0.39, 0.29) is 11.8 Å². The Hall–Kier alpha value is -2.90. The van der Waals surface area contributed by atoms with Gasteiger partial charge >= 0.3 is 0 Å². The van der Waals surface area contributed by atoms with Crippen LogP contribution in [0.5, 0.6) is 5.75 Å². The maximum Gasteiger partial charge on any atom is 0.241 e. The number of aromatic nitrogens is 2. The number of rotatable bonds is 6. The van der Waals surface area contributed by atoms with E-state index in [1.807, 2.05) is 42.5 Å². The highest BCUT2D eigenvalue weighted by atomic mass is 35.5. The summed E-state index contributed by atoms with van der Waals surface area (Å²) in [6.45, 7) is 2.00. The fourth-order valence-corrected chi connectivity index (χ4v) is 3.88. The van der Waals surface area contributed by atoms with Gasteiger partial charge in [0.15, 0.2) is 0 Å². The minimum atomic E-state index is -0.116. The largest absolute Gasteiger partial charge is 0.495 e. The fourth-order valence-electron chi connectivity index (χ4n) is 3.66. The zero-order valence-electron chi connectivity index (χ0n) is 16.7. The second kappa shape index (κ2) is 9.28. The van der Waals surface area contributed by atoms with Crippen molar-refractivity contribution < 1.29 is 14.1 Å². The number of para-hydroxylation sites is 2. The Morgan fingerprint density at radius 2 is 2.07 bits per heavy atom. The summed E-state index contributed by atoms with van der Waals surface area (Å²) in [5.74, 6) is 1.51. The fraction of sp³-hybridized carbons (Fsp3) is 0.318. The summed E-state index contributed by atoms with van der Waals surface area (Å²) in [5.41, 5.74) is 1.42. The van der Waals surface area contributed by atoms with E-state index in [2.05, 4.69) is 20.4 Å². The Kier molecular flexibility index (Phi) is 6.30. The molecule has 0 aliphatic carbocycles. The molecule has 0 spiro atoms. The summed E-state index contributed by atoms with van der Waals surface area (Å²) in [5, 5.41) is 7.62. The number of ether oxygens (including phenoxy) is 1. The van der Waals surface area contributed by atoms with Gasteiger partial charge in [-0.1, -0.05) is 41.0 Å². The van der Waals surface area contributed by atoms with Gasteiger partial charge in [0.1, 0.15) is 5.75 Å². The van der Waals surface area contributed by atoms with Gasteiger partial charge in [-0.15, -0.1) is 0 Å². The van der Waals surface area contributed by atoms with Gasteiger partial charge in [0.25, 0.3) is 0 Å². The maximum absolute atomic E-state index is 12.8. The Balaban J connectivity index is 1.39. The van der Waals surface area contributed by atoms with Crippen molar-refractivity contribution in [3.8, 4) is 17.1 Å². The predicted octanol–water partition coefficient (Wildman–Crippen LogP) is 4.25. The molecule has 1 aliphatic heterocycles. The van der Waals surface area contributed by atoms with Crippen molar-refractivity contribution in [1.29, 1.82) is 0 Å². The second-order valence-corrected chi connectivity index (χ2v) is 7.66. The van der Waals surface area contributed by atoms with Gasteiger partial charge in [-0.25, -0.2) is 0 Å². The average molecular weight is 427 g/mol. The second-order valence-electron chi connectivity index (χ2n) is 7.26. The molecule has 1 atom stereocenters. The van der Waals surface area contributed by atoms with Crippen molar-refractivity contribution in [3.63, 3.8) is 0 Å². The molecule has 1 N–H and O–H groups in total. The zero-order valence-corrected chi connectivity index (χ0v) is 17.4. The molecule has 1 aromatic heterocycles. The highest BCUT2D eigenvalue weighted by Crippen LogP contribution is 2.27. The molecule has 2 aromatic carbocycles. The average Bonchev–Trinajstić information content (AvgIpc) is 3.22. The lowest BCUT2D eigenvalue weighted by Crippen LogP contribution is -2.40. The summed E-state index contributed by atoms with van der Waals surface area (Å²) in [4.78, 5) is 19.4. The first kappa shape index (κ1) is 20.4. The van der Waals surface area contributed by atoms with Crippen molar-refractivity contribution in [3.05, 3.63) is 59.4 Å². The summed E-state index contributed by atoms with van der Waals surface area (Å²) in [6, 6.07) is 14.8. The Bertz CT molecular complexity index is 1020. The van der Waals surface area contributed by atoms with E-state index >= 15 is 0 Å². The number of halogens is 1. The van der Waals surface area contributed by atoms with Crippen molar-refractivity contribution in [1.82, 2.24) is 15.0 Å². The number of likely N-dealkylation sites (tertiary alicyclic amines) is 1. The van der Waals surface area contributed by atoms with E-state index in [0.717, 1.165) is 24.9 Å². The van der Waals surface area contributed by atoms with Crippen LogP contribution in [0.15, 0.2) is 53.1 Å². The number of benzene rings is 2. The molecule has 0 bridgehead atoms. The van der Waals surface area contributed by atoms with Gasteiger partial charge in [-0.3, -0.25) is 9.69 Å². The number of hydrogen-bond donors (Lipinski definition) is 1. The van der Waals surface area contributed by atoms with Gasteiger partial charge in [0.05, 0.1) is 30.3 Å². The SMILES string of the molecule is COc1ccccc1NC(=O)C1CCCN(Cc2nc(-c3ccccc3Cl)no2)C1. The van der Waals surface area contributed by atoms with Crippen LogP contribution in [0.1, 0.15) is 18.7 Å². The highest BCUT2D eigenvalue weighted by Gasteiger charge is 2.27. The zero-order chi connectivity index (χ0) is 20.9. The van der Waals surface area contributed by atoms with E-state index in [1.54, 1.807) is 13.2 Å². The predicted molar refractivity (Wildman–Crippen MR) is 114 cm³/mol. The summed E-state index contributed by atoms with van der Waals surface area (Å²) >= 11 is 6.22. The quantitative estimate of drug-likeness (QED) is 0.634. The molecular weight excluding hydrogens is 404 g/mol. The van der Waals surface area contributed by atoms with Crippen LogP contribution >= 0.6 is 11.6 Å². The van der Waals surface area contributed by atoms with Crippen molar-refractivity contribution in [2.24, 2.45) is 5.92 Å². The standard InChI is InChI=1S/C22H23ClN4O3/c1-29-19-11-5-4-10-18(19)24-22(28)15-7-6-12-27(13-15)14-20-25-21(26-30-20)16-8-2-3-9-17(16)23/h2-5,8-11,15H,6-7,12-14H2,1H3,(H,24,28). The number of methoxy groups -OCH3 is 1. The molecule has 7 nitrogen and oxygen atoms in total. The number of piperidine rings is 1. The van der Waals surface area contributed by atoms with Gasteiger partial charge in [-0.2, -0.15) is 4.98 Å². The molecule has 1 fully saturated rings. The molecule has 2 heterocycles. The molecule has 3 aromatic rings. The van der Waals surface area contributed by atoms with Gasteiger partial charge in [-0.05, 0) is 43.7 Å². The normalized spacial score (nSPS) is 16.9. The first-order valence-corrected chi connectivity index (χ1v) is 10.3. The Morgan fingerprint density at radius 1 is 1.27 bits per heavy atom. The Labute approximate surface area is 180 Å². The maximum atomic E-state index is 12.8. The van der Waals surface area contributed by atoms with Crippen LogP contribution in [0.4, 0.5) is 5.69 Å². The third-order valence-electron chi connectivity index (χ3n) is 5.18. The molecule has 156 valence electrons. The highest BCUT2D eigenvalue weighted by molar-refractivity contribution is 6.33. The van der Waals surface area contributed by atoms with Crippen LogP contribution in [-0.4, -0.2) is 41.1 Å². The molecule has 8 heteroatoms. The van der Waals surface area contributed by atoms with E-state index in [4.69, 9.17) is 20.9 Å². The first-order chi connectivity index (χ1) is 14.6. The van der Waals surface area contributed by atoms with Crippen LogP contribution < -0.4 is 10.1 Å². The molecule has 0 saturated carbocycles. The molecule has 1 aliphatic rings. The molecule has 1 amide bonds. The molecule has 0 radical (unpaired) electrons. The van der Waals surface area contributed by atoms with Gasteiger partial charge < -0.3 is 14.6 Å². The molecule has 1 unspecified atom stereocenters. The third-order valence-corrected chi connectivity index (χ3v) is 5.51. The number of nitrogens with one attached hydrogen (secondary N) is 1. The molecule has 4 rings (SSSR count). The van der Waals surface area contributed by atoms with Crippen LogP contribution in [0.3, 0.4) is 0 Å². The molecule has 30 heavy (non-hydrogen) atoms. The Morgan fingerprint density at radius 3 is 2.90 bits per heavy atom. The molecular formula is C22H23ClN4O3. The summed E-state index contributed by atoms with van der Waals surface area (Å²) in [6.07, 6.45) is 1.77. The first-order valence-electron chi connectivity index (χ1n) is 9.88. The number of amides is 1. The van der Waals surface area contributed by atoms with Crippen molar-refractivity contribution in [2.75, 3.05) is 25.5 Å². The lowest BCUT2D eigenvalue weighted by molar-refractivity contribution is -0.121. The number of anilines is 1. The summed E-state index contributed by atoms with van der Waals surface area (Å²) in [7, 11) is 1.59. The lowest BCUT2D eigenvalue weighted by atomic mass is 9.97. The smallest absolute Gasteiger partial charge is 0.241 e. The number of hydrogen-bond acceptors (Lipinski definition) is 6. The van der Waals surface area contributed by atoms with E-state index < -0.39 is 0 Å². The molecule has 1 saturated heterocycles. The number of nitrogens with zero attached hydrogens (tertiary/aromatic N) is 3. The minimum Gasteiger partial charge on any atom is -0.495 e.